The molecule has 1 unspecified atom stereocenters. The van der Waals surface area contributed by atoms with Crippen LogP contribution in [0.15, 0.2) is 29.3 Å². The number of guanidine groups is 1. The Balaban J connectivity index is 2.26. The molecule has 2 N–H and O–H groups in total. The van der Waals surface area contributed by atoms with E-state index in [0.717, 1.165) is 18.4 Å². The summed E-state index contributed by atoms with van der Waals surface area (Å²) in [7, 11) is 0. The normalized spacial score (nSPS) is 22.0. The Morgan fingerprint density at radius 1 is 1.24 bits per heavy atom. The molecule has 21 heavy (non-hydrogen) atoms. The van der Waals surface area contributed by atoms with Crippen LogP contribution in [-0.2, 0) is 16.8 Å². The molecule has 1 aromatic carbocycles. The summed E-state index contributed by atoms with van der Waals surface area (Å²) in [6.45, 7) is 10.1. The fraction of sp³-hybridized carbons (Fsp3) is 0.529. The molecule has 0 saturated heterocycles. The Labute approximate surface area is 127 Å². The van der Waals surface area contributed by atoms with Crippen molar-refractivity contribution in [3.8, 4) is 0 Å². The van der Waals surface area contributed by atoms with E-state index in [1.807, 2.05) is 39.8 Å². The standard InChI is InChI=1S/C17H25N3O/c1-6-7-12-8-10-13(11-9-12)17(5)14(21)18-15(20-17)19-16(2,3)4/h8-11H,6-7H2,1-5H3,(H2,18,19,20,21). The van der Waals surface area contributed by atoms with Gasteiger partial charge in [0, 0.05) is 5.54 Å². The average Bonchev–Trinajstić information content (AvgIpc) is 2.64. The molecule has 1 aliphatic heterocycles. The van der Waals surface area contributed by atoms with Gasteiger partial charge in [-0.25, -0.2) is 4.99 Å². The first-order valence-corrected chi connectivity index (χ1v) is 7.53. The second kappa shape index (κ2) is 5.51. The van der Waals surface area contributed by atoms with Crippen molar-refractivity contribution in [2.45, 2.75) is 58.5 Å². The maximum absolute atomic E-state index is 12.3. The summed E-state index contributed by atoms with van der Waals surface area (Å²) in [6, 6.07) is 8.19. The molecule has 1 amide bonds. The summed E-state index contributed by atoms with van der Waals surface area (Å²) in [5.41, 5.74) is 1.23. The van der Waals surface area contributed by atoms with E-state index in [4.69, 9.17) is 0 Å². The predicted octanol–water partition coefficient (Wildman–Crippen LogP) is 2.73. The third kappa shape index (κ3) is 3.43. The lowest BCUT2D eigenvalue weighted by Gasteiger charge is -2.21. The van der Waals surface area contributed by atoms with E-state index in [1.165, 1.54) is 5.56 Å². The molecule has 4 nitrogen and oxygen atoms in total. The van der Waals surface area contributed by atoms with Crippen LogP contribution in [0.5, 0.6) is 0 Å². The van der Waals surface area contributed by atoms with E-state index in [0.29, 0.717) is 5.96 Å². The number of nitrogens with zero attached hydrogens (tertiary/aromatic N) is 1. The monoisotopic (exact) mass is 287 g/mol. The first-order valence-electron chi connectivity index (χ1n) is 7.53. The number of nitrogens with one attached hydrogen (secondary N) is 2. The van der Waals surface area contributed by atoms with Crippen molar-refractivity contribution in [3.05, 3.63) is 35.4 Å². The Morgan fingerprint density at radius 2 is 1.86 bits per heavy atom. The number of carbonyl (C=O) groups is 1. The number of aliphatic imine (C=N–C) groups is 1. The van der Waals surface area contributed by atoms with Gasteiger partial charge in [0.15, 0.2) is 11.5 Å². The lowest BCUT2D eigenvalue weighted by molar-refractivity contribution is -0.123. The average molecular weight is 287 g/mol. The molecule has 114 valence electrons. The quantitative estimate of drug-likeness (QED) is 0.898. The summed E-state index contributed by atoms with van der Waals surface area (Å²) in [5, 5.41) is 6.06. The number of rotatable bonds is 3. The number of hydrogen-bond acceptors (Lipinski definition) is 3. The van der Waals surface area contributed by atoms with Gasteiger partial charge in [-0.2, -0.15) is 0 Å². The Morgan fingerprint density at radius 3 is 2.38 bits per heavy atom. The van der Waals surface area contributed by atoms with Gasteiger partial charge in [-0.05, 0) is 45.2 Å². The number of benzene rings is 1. The van der Waals surface area contributed by atoms with E-state index >= 15 is 0 Å². The van der Waals surface area contributed by atoms with Crippen molar-refractivity contribution in [1.82, 2.24) is 10.6 Å². The minimum absolute atomic E-state index is 0.0857. The zero-order valence-corrected chi connectivity index (χ0v) is 13.6. The molecular weight excluding hydrogens is 262 g/mol. The maximum atomic E-state index is 12.3. The van der Waals surface area contributed by atoms with Gasteiger partial charge in [0.25, 0.3) is 5.91 Å². The van der Waals surface area contributed by atoms with E-state index in [2.05, 4.69) is 34.7 Å². The maximum Gasteiger partial charge on any atom is 0.259 e. The molecule has 1 heterocycles. The van der Waals surface area contributed by atoms with Crippen LogP contribution < -0.4 is 10.6 Å². The van der Waals surface area contributed by atoms with Crippen LogP contribution in [-0.4, -0.2) is 17.4 Å². The van der Waals surface area contributed by atoms with E-state index in [9.17, 15) is 4.79 Å². The van der Waals surface area contributed by atoms with Crippen LogP contribution in [0.1, 0.15) is 52.2 Å². The van der Waals surface area contributed by atoms with Gasteiger partial charge in [-0.15, -0.1) is 0 Å². The fourth-order valence-corrected chi connectivity index (χ4v) is 2.43. The smallest absolute Gasteiger partial charge is 0.259 e. The van der Waals surface area contributed by atoms with Crippen molar-refractivity contribution in [2.24, 2.45) is 4.99 Å². The van der Waals surface area contributed by atoms with Crippen LogP contribution in [0.3, 0.4) is 0 Å². The van der Waals surface area contributed by atoms with E-state index < -0.39 is 5.54 Å². The van der Waals surface area contributed by atoms with Crippen molar-refractivity contribution >= 4 is 11.9 Å². The summed E-state index contributed by atoms with van der Waals surface area (Å²) < 4.78 is 0. The number of hydrogen-bond donors (Lipinski definition) is 2. The Hall–Kier alpha value is -1.84. The van der Waals surface area contributed by atoms with Crippen molar-refractivity contribution in [1.29, 1.82) is 0 Å². The summed E-state index contributed by atoms with van der Waals surface area (Å²) in [6.07, 6.45) is 2.18. The number of aryl methyl sites for hydroxylation is 1. The first-order chi connectivity index (χ1) is 9.74. The Bertz CT molecular complexity index is 554. The third-order valence-corrected chi connectivity index (χ3v) is 3.56. The van der Waals surface area contributed by atoms with Crippen molar-refractivity contribution in [3.63, 3.8) is 0 Å². The predicted molar refractivity (Wildman–Crippen MR) is 86.3 cm³/mol. The second-order valence-electron chi connectivity index (χ2n) is 6.81. The first kappa shape index (κ1) is 15.5. The van der Waals surface area contributed by atoms with Crippen LogP contribution in [0.4, 0.5) is 0 Å². The molecule has 1 aromatic rings. The molecule has 0 aromatic heterocycles. The van der Waals surface area contributed by atoms with Crippen LogP contribution in [0.25, 0.3) is 0 Å². The third-order valence-electron chi connectivity index (χ3n) is 3.56. The SMILES string of the molecule is CCCc1ccc(C2(C)N=C(NC(C)(C)C)NC2=O)cc1. The summed E-state index contributed by atoms with van der Waals surface area (Å²) in [5.74, 6) is 0.463. The highest BCUT2D eigenvalue weighted by Crippen LogP contribution is 2.29. The highest BCUT2D eigenvalue weighted by molar-refractivity contribution is 6.07. The zero-order valence-electron chi connectivity index (χ0n) is 13.6. The molecule has 0 radical (unpaired) electrons. The molecule has 0 fully saturated rings. The van der Waals surface area contributed by atoms with Gasteiger partial charge in [-0.1, -0.05) is 37.6 Å². The molecule has 4 heteroatoms. The van der Waals surface area contributed by atoms with Crippen molar-refractivity contribution < 1.29 is 4.79 Å². The second-order valence-corrected chi connectivity index (χ2v) is 6.81. The lowest BCUT2D eigenvalue weighted by Crippen LogP contribution is -2.47. The minimum atomic E-state index is -0.849. The highest BCUT2D eigenvalue weighted by atomic mass is 16.2. The fourth-order valence-electron chi connectivity index (χ4n) is 2.43. The number of amides is 1. The van der Waals surface area contributed by atoms with Gasteiger partial charge in [0.05, 0.1) is 0 Å². The van der Waals surface area contributed by atoms with Gasteiger partial charge in [-0.3, -0.25) is 10.1 Å². The minimum Gasteiger partial charge on any atom is -0.351 e. The van der Waals surface area contributed by atoms with Gasteiger partial charge in [0.1, 0.15) is 0 Å². The van der Waals surface area contributed by atoms with E-state index in [1.54, 1.807) is 0 Å². The molecule has 0 bridgehead atoms. The molecule has 0 saturated carbocycles. The molecule has 0 spiro atoms. The van der Waals surface area contributed by atoms with E-state index in [-0.39, 0.29) is 11.4 Å². The van der Waals surface area contributed by atoms with Gasteiger partial charge < -0.3 is 5.32 Å². The van der Waals surface area contributed by atoms with Gasteiger partial charge >= 0.3 is 0 Å². The molecule has 2 rings (SSSR count). The molecular formula is C17H25N3O. The molecule has 0 aliphatic carbocycles. The van der Waals surface area contributed by atoms with Crippen LogP contribution in [0.2, 0.25) is 0 Å². The molecule has 1 aliphatic rings. The Kier molecular flexibility index (Phi) is 4.08. The zero-order chi connectivity index (χ0) is 15.7. The van der Waals surface area contributed by atoms with Crippen LogP contribution in [0, 0.1) is 0 Å². The summed E-state index contributed by atoms with van der Waals surface area (Å²) >= 11 is 0. The largest absolute Gasteiger partial charge is 0.351 e. The molecule has 1 atom stereocenters. The highest BCUT2D eigenvalue weighted by Gasteiger charge is 2.41. The van der Waals surface area contributed by atoms with Crippen molar-refractivity contribution in [2.75, 3.05) is 0 Å². The van der Waals surface area contributed by atoms with Gasteiger partial charge in [0.2, 0.25) is 0 Å². The summed E-state index contributed by atoms with van der Waals surface area (Å²) in [4.78, 5) is 16.9. The van der Waals surface area contributed by atoms with Crippen LogP contribution >= 0.6 is 0 Å². The number of carbonyl (C=O) groups excluding carboxylic acids is 1. The topological polar surface area (TPSA) is 53.5 Å². The lowest BCUT2D eigenvalue weighted by atomic mass is 9.91.